The average Bonchev–Trinajstić information content (AvgIpc) is 2.82. The Kier molecular flexibility index (Phi) is 9.10. The maximum absolute atomic E-state index is 14.3. The molecular weight excluding hydrogens is 651 g/mol. The van der Waals surface area contributed by atoms with Crippen molar-refractivity contribution < 1.29 is 74.3 Å². The van der Waals surface area contributed by atoms with E-state index in [1.54, 1.807) is 24.3 Å². The fourth-order valence-electron chi connectivity index (χ4n) is 2.80. The number of halogens is 9. The number of hydrogen-bond acceptors (Lipinski definition) is 8. The number of methoxy groups -OCH3 is 1. The fraction of sp³-hybridized carbons (Fsp3) is 0.316. The number of nitrogens with one attached hydrogen (secondary N) is 2. The van der Waals surface area contributed by atoms with E-state index >= 15 is 0 Å². The van der Waals surface area contributed by atoms with Gasteiger partial charge in [-0.3, -0.25) is 4.79 Å². The number of hydrogen-bond donors (Lipinski definition) is 2. The fourth-order valence-corrected chi connectivity index (χ4v) is 6.24. The largest absolute Gasteiger partial charge is 0.512 e. The Morgan fingerprint density at radius 2 is 1.24 bits per heavy atom. The molecule has 230 valence electrons. The maximum atomic E-state index is 14.3. The van der Waals surface area contributed by atoms with Gasteiger partial charge in [0.05, 0.1) is 7.11 Å². The Labute approximate surface area is 225 Å². The second-order valence-corrected chi connectivity index (χ2v) is 13.2. The quantitative estimate of drug-likeness (QED) is 0.348. The van der Waals surface area contributed by atoms with Gasteiger partial charge in [0.2, 0.25) is 0 Å². The summed E-state index contributed by atoms with van der Waals surface area (Å²) in [6.07, 6.45) is 0.0456. The number of alkyl halides is 9. The zero-order valence-electron chi connectivity index (χ0n) is 19.7. The van der Waals surface area contributed by atoms with Gasteiger partial charge >= 0.3 is 42.0 Å². The molecule has 0 unspecified atom stereocenters. The first-order chi connectivity index (χ1) is 18.3. The van der Waals surface area contributed by atoms with Crippen LogP contribution in [0, 0.1) is 0 Å². The predicted octanol–water partition coefficient (Wildman–Crippen LogP) is 2.94. The number of carbonyl (C=O) groups is 1. The monoisotopic (exact) mass is 666 g/mol. The average molecular weight is 667 g/mol. The zero-order chi connectivity index (χ0) is 31.9. The normalized spacial score (nSPS) is 14.0. The number of amides is 1. The molecule has 0 aliphatic rings. The molecule has 2 aromatic carbocycles. The summed E-state index contributed by atoms with van der Waals surface area (Å²) in [6, 6.07) is 10.4. The van der Waals surface area contributed by atoms with Gasteiger partial charge in [-0.2, -0.15) is 47.9 Å². The first kappa shape index (κ1) is 34.1. The second-order valence-electron chi connectivity index (χ2n) is 7.80. The third-order valence-corrected chi connectivity index (χ3v) is 9.60. The molecule has 10 nitrogen and oxygen atoms in total. The van der Waals surface area contributed by atoms with Crippen LogP contribution in [0.15, 0.2) is 48.5 Å². The highest BCUT2D eigenvalue weighted by molar-refractivity contribution is 8.05. The summed E-state index contributed by atoms with van der Waals surface area (Å²) in [7, 11) is -21.2. The van der Waals surface area contributed by atoms with E-state index in [4.69, 9.17) is 4.74 Å². The van der Waals surface area contributed by atoms with Crippen LogP contribution in [0.1, 0.15) is 21.5 Å². The molecule has 2 rings (SSSR count). The lowest BCUT2D eigenvalue weighted by Gasteiger charge is -2.31. The van der Waals surface area contributed by atoms with Crippen molar-refractivity contribution >= 4 is 36.0 Å². The van der Waals surface area contributed by atoms with Gasteiger partial charge in [-0.15, -0.1) is 0 Å². The summed E-state index contributed by atoms with van der Waals surface area (Å²) in [6.45, 7) is 0. The molecule has 0 fully saturated rings. The standard InChI is InChI=1S/C19H15F9N2O8S3/c1-38-14-7-5-11(6-8-14)9-12-3-2-4-13(10-12)15(31)29-39(32,33)17(22,23)16(20,21)18(24,25)40(34,35)30-41(36,37)19(26,27)28/h2-8,10,30H,9H2,1H3,(H,29,31). The summed E-state index contributed by atoms with van der Waals surface area (Å²) >= 11 is 0. The van der Waals surface area contributed by atoms with Gasteiger partial charge < -0.3 is 4.74 Å². The second kappa shape index (κ2) is 10.9. The molecule has 2 N–H and O–H groups in total. The molecule has 41 heavy (non-hydrogen) atoms. The van der Waals surface area contributed by atoms with Gasteiger partial charge in [-0.25, -0.2) is 21.6 Å². The number of ether oxygens (including phenoxy) is 1. The molecule has 0 saturated carbocycles. The van der Waals surface area contributed by atoms with Gasteiger partial charge in [0, 0.05) is 5.56 Å². The van der Waals surface area contributed by atoms with Crippen molar-refractivity contribution in [1.82, 2.24) is 8.85 Å². The topological polar surface area (TPSA) is 153 Å². The molecule has 0 heterocycles. The van der Waals surface area contributed by atoms with Gasteiger partial charge in [0.25, 0.3) is 15.9 Å². The molecular formula is C19H15F9N2O8S3. The van der Waals surface area contributed by atoms with Crippen LogP contribution in [0.3, 0.4) is 0 Å². The van der Waals surface area contributed by atoms with Gasteiger partial charge in [0.1, 0.15) is 5.75 Å². The molecule has 0 saturated heterocycles. The molecule has 0 aromatic heterocycles. The molecule has 0 radical (unpaired) electrons. The van der Waals surface area contributed by atoms with Crippen LogP contribution < -0.4 is 13.6 Å². The predicted molar refractivity (Wildman–Crippen MR) is 120 cm³/mol. The van der Waals surface area contributed by atoms with Crippen LogP contribution in [0.5, 0.6) is 5.75 Å². The molecule has 0 spiro atoms. The SMILES string of the molecule is COc1ccc(Cc2cccc(C(=O)NS(=O)(=O)C(F)(F)C(F)(F)C(F)(F)S(=O)(=O)NS(=O)(=O)C(F)(F)F)c2)cc1. The van der Waals surface area contributed by atoms with Crippen LogP contribution >= 0.6 is 0 Å². The summed E-state index contributed by atoms with van der Waals surface area (Å²) in [5, 5.41) is -14.8. The lowest BCUT2D eigenvalue weighted by atomic mass is 10.0. The van der Waals surface area contributed by atoms with E-state index in [1.807, 2.05) is 0 Å². The Hall–Kier alpha value is -3.11. The van der Waals surface area contributed by atoms with Crippen LogP contribution in [0.4, 0.5) is 39.5 Å². The van der Waals surface area contributed by atoms with Crippen LogP contribution in [-0.4, -0.2) is 60.2 Å². The third-order valence-electron chi connectivity index (χ3n) is 4.91. The van der Waals surface area contributed by atoms with Crippen LogP contribution in [-0.2, 0) is 36.5 Å². The van der Waals surface area contributed by atoms with Crippen LogP contribution in [0.25, 0.3) is 0 Å². The number of rotatable bonds is 11. The lowest BCUT2D eigenvalue weighted by Crippen LogP contribution is -2.65. The van der Waals surface area contributed by atoms with E-state index in [0.717, 1.165) is 18.2 Å². The molecule has 0 aliphatic carbocycles. The Morgan fingerprint density at radius 3 is 1.73 bits per heavy atom. The number of sulfonamides is 3. The minimum Gasteiger partial charge on any atom is -0.497 e. The van der Waals surface area contributed by atoms with Crippen LogP contribution in [0.2, 0.25) is 0 Å². The Bertz CT molecular complexity index is 1630. The highest BCUT2D eigenvalue weighted by Crippen LogP contribution is 2.50. The summed E-state index contributed by atoms with van der Waals surface area (Å²) < 4.78 is 194. The number of benzene rings is 2. The van der Waals surface area contributed by atoms with Crippen molar-refractivity contribution in [1.29, 1.82) is 0 Å². The van der Waals surface area contributed by atoms with Crippen molar-refractivity contribution in [3.05, 3.63) is 65.2 Å². The van der Waals surface area contributed by atoms with Crippen molar-refractivity contribution in [2.75, 3.05) is 7.11 Å². The van der Waals surface area contributed by atoms with E-state index in [-0.39, 0.29) is 12.0 Å². The molecule has 2 aromatic rings. The summed E-state index contributed by atoms with van der Waals surface area (Å²) in [5.41, 5.74) is -6.66. The first-order valence-electron chi connectivity index (χ1n) is 10.1. The lowest BCUT2D eigenvalue weighted by molar-refractivity contribution is -0.244. The smallest absolute Gasteiger partial charge is 0.497 e. The summed E-state index contributed by atoms with van der Waals surface area (Å²) in [4.78, 5) is 12.3. The zero-order valence-corrected chi connectivity index (χ0v) is 22.2. The van der Waals surface area contributed by atoms with E-state index in [2.05, 4.69) is 0 Å². The molecule has 1 amide bonds. The minimum atomic E-state index is -7.93. The molecule has 0 bridgehead atoms. The molecule has 22 heteroatoms. The van der Waals surface area contributed by atoms with E-state index in [1.165, 1.54) is 13.2 Å². The van der Waals surface area contributed by atoms with E-state index in [0.29, 0.717) is 16.0 Å². The number of carbonyl (C=O) groups excluding carboxylic acids is 1. The molecule has 0 atom stereocenters. The highest BCUT2D eigenvalue weighted by Gasteiger charge is 2.83. The van der Waals surface area contributed by atoms with Crippen molar-refractivity contribution in [2.45, 2.75) is 28.4 Å². The summed E-state index contributed by atoms with van der Waals surface area (Å²) in [5.74, 6) is -9.27. The van der Waals surface area contributed by atoms with Gasteiger partial charge in [-0.05, 0) is 41.8 Å². The van der Waals surface area contributed by atoms with Crippen molar-refractivity contribution in [3.63, 3.8) is 0 Å². The Morgan fingerprint density at radius 1 is 0.732 bits per heavy atom. The Balaban J connectivity index is 2.37. The highest BCUT2D eigenvalue weighted by atomic mass is 32.3. The minimum absolute atomic E-state index is 0.0456. The first-order valence-corrected chi connectivity index (χ1v) is 14.5. The van der Waals surface area contributed by atoms with Crippen molar-refractivity contribution in [3.8, 4) is 5.75 Å². The van der Waals surface area contributed by atoms with E-state index < -0.39 is 67.6 Å². The molecule has 0 aliphatic heterocycles. The van der Waals surface area contributed by atoms with Gasteiger partial charge in [0.15, 0.2) is 0 Å². The third kappa shape index (κ3) is 6.54. The maximum Gasteiger partial charge on any atom is 0.512 e. The van der Waals surface area contributed by atoms with Gasteiger partial charge in [-0.1, -0.05) is 28.4 Å². The van der Waals surface area contributed by atoms with E-state index in [9.17, 15) is 69.6 Å². The van der Waals surface area contributed by atoms with Crippen molar-refractivity contribution in [2.24, 2.45) is 0 Å².